The van der Waals surface area contributed by atoms with E-state index in [1.165, 1.54) is 12.6 Å². The highest BCUT2D eigenvalue weighted by Gasteiger charge is 2.59. The molecule has 172 valence electrons. The van der Waals surface area contributed by atoms with Gasteiger partial charge in [0, 0.05) is 24.2 Å². The van der Waals surface area contributed by atoms with Crippen LogP contribution >= 0.6 is 0 Å². The van der Waals surface area contributed by atoms with Crippen LogP contribution in [0.2, 0.25) is 0 Å². The van der Waals surface area contributed by atoms with E-state index < -0.39 is 0 Å². The van der Waals surface area contributed by atoms with Gasteiger partial charge in [-0.2, -0.15) is 10.2 Å². The van der Waals surface area contributed by atoms with Crippen molar-refractivity contribution in [1.29, 1.82) is 0 Å². The summed E-state index contributed by atoms with van der Waals surface area (Å²) in [6.07, 6.45) is 11.6. The highest BCUT2D eigenvalue weighted by atomic mass is 16.6. The first-order valence-corrected chi connectivity index (χ1v) is 11.7. The van der Waals surface area contributed by atoms with E-state index in [-0.39, 0.29) is 33.5 Å². The lowest BCUT2D eigenvalue weighted by Crippen LogP contribution is -2.57. The van der Waals surface area contributed by atoms with E-state index in [0.29, 0.717) is 18.3 Å². The summed E-state index contributed by atoms with van der Waals surface area (Å²) in [4.78, 5) is 24.0. The molecule has 0 spiro atoms. The lowest BCUT2D eigenvalue weighted by Gasteiger charge is -2.61. The normalized spacial score (nSPS) is 31.6. The summed E-state index contributed by atoms with van der Waals surface area (Å²) in [6.45, 7) is 6.93. The molecule has 4 saturated carbocycles. The Morgan fingerprint density at radius 3 is 2.59 bits per heavy atom. The second-order valence-corrected chi connectivity index (χ2v) is 10.6. The molecule has 0 aliphatic heterocycles. The molecular formula is C23H32N6O3. The van der Waals surface area contributed by atoms with Crippen molar-refractivity contribution in [3.8, 4) is 0 Å². The number of nitrogens with one attached hydrogen (secondary N) is 1. The maximum Gasteiger partial charge on any atom is 0.307 e. The van der Waals surface area contributed by atoms with Crippen LogP contribution in [-0.4, -0.2) is 30.4 Å². The maximum absolute atomic E-state index is 13.2. The van der Waals surface area contributed by atoms with Crippen LogP contribution in [0.25, 0.3) is 0 Å². The van der Waals surface area contributed by atoms with Crippen LogP contribution in [0, 0.1) is 34.3 Å². The monoisotopic (exact) mass is 440 g/mol. The van der Waals surface area contributed by atoms with E-state index in [1.807, 2.05) is 29.4 Å². The number of amides is 1. The van der Waals surface area contributed by atoms with Crippen molar-refractivity contribution in [3.63, 3.8) is 0 Å². The molecule has 0 aromatic carbocycles. The summed E-state index contributed by atoms with van der Waals surface area (Å²) in [5.74, 6) is 1.22. The predicted molar refractivity (Wildman–Crippen MR) is 118 cm³/mol. The molecule has 2 aromatic heterocycles. The molecule has 3 atom stereocenters. The summed E-state index contributed by atoms with van der Waals surface area (Å²) >= 11 is 0. The number of aromatic nitrogens is 4. The minimum atomic E-state index is -0.378. The first-order valence-electron chi connectivity index (χ1n) is 11.7. The second-order valence-electron chi connectivity index (χ2n) is 10.6. The molecule has 2 aromatic rings. The Balaban J connectivity index is 1.33. The molecule has 3 unspecified atom stereocenters. The third kappa shape index (κ3) is 3.42. The standard InChI is InChI=1S/C23H32N6O3/c1-4-27-16(3)20(12-24-27)15(2)26-21(30)10-22-6-17-5-18(7-22)9-23(8-17,14-22)28-13-19(11-25-28)29(31)32/h11-13,15,17-18H,4-10,14H2,1-3H3,(H,26,30). The first kappa shape index (κ1) is 21.2. The van der Waals surface area contributed by atoms with Crippen LogP contribution < -0.4 is 5.32 Å². The fraction of sp³-hybridized carbons (Fsp3) is 0.696. The van der Waals surface area contributed by atoms with Gasteiger partial charge in [-0.3, -0.25) is 24.3 Å². The van der Waals surface area contributed by atoms with Crippen molar-refractivity contribution >= 4 is 11.6 Å². The van der Waals surface area contributed by atoms with E-state index in [9.17, 15) is 14.9 Å². The van der Waals surface area contributed by atoms with Crippen LogP contribution in [0.5, 0.6) is 0 Å². The number of carbonyl (C=O) groups excluding carboxylic acids is 1. The number of nitro groups is 1. The van der Waals surface area contributed by atoms with E-state index in [2.05, 4.69) is 22.4 Å². The van der Waals surface area contributed by atoms with Crippen LogP contribution in [-0.2, 0) is 16.9 Å². The number of rotatable bonds is 7. The number of hydrogen-bond donors (Lipinski definition) is 1. The Kier molecular flexibility index (Phi) is 4.90. The van der Waals surface area contributed by atoms with Gasteiger partial charge in [-0.15, -0.1) is 0 Å². The SMILES string of the molecule is CCn1ncc(C(C)NC(=O)CC23CC4CC(C2)CC(n2cc([N+](=O)[O-])cn2)(C4)C3)c1C. The minimum Gasteiger partial charge on any atom is -0.349 e. The van der Waals surface area contributed by atoms with Crippen LogP contribution in [0.1, 0.15) is 76.1 Å². The van der Waals surface area contributed by atoms with Gasteiger partial charge in [0.05, 0.1) is 22.7 Å². The Bertz CT molecular complexity index is 1040. The molecule has 0 radical (unpaired) electrons. The number of hydrogen-bond acceptors (Lipinski definition) is 5. The van der Waals surface area contributed by atoms with Crippen LogP contribution in [0.4, 0.5) is 5.69 Å². The maximum atomic E-state index is 13.2. The van der Waals surface area contributed by atoms with Gasteiger partial charge in [0.25, 0.3) is 0 Å². The summed E-state index contributed by atoms with van der Waals surface area (Å²) in [7, 11) is 0. The molecule has 32 heavy (non-hydrogen) atoms. The van der Waals surface area contributed by atoms with E-state index in [4.69, 9.17) is 0 Å². The lowest BCUT2D eigenvalue weighted by molar-refractivity contribution is -0.385. The molecular weight excluding hydrogens is 408 g/mol. The van der Waals surface area contributed by atoms with Crippen molar-refractivity contribution in [3.05, 3.63) is 40.0 Å². The van der Waals surface area contributed by atoms with Crippen LogP contribution in [0.15, 0.2) is 18.6 Å². The molecule has 4 bridgehead atoms. The summed E-state index contributed by atoms with van der Waals surface area (Å²) in [6, 6.07) is -0.0839. The fourth-order valence-electron chi connectivity index (χ4n) is 7.46. The molecule has 2 heterocycles. The summed E-state index contributed by atoms with van der Waals surface area (Å²) < 4.78 is 3.81. The fourth-order valence-corrected chi connectivity index (χ4v) is 7.46. The van der Waals surface area contributed by atoms with Crippen molar-refractivity contribution < 1.29 is 9.72 Å². The average Bonchev–Trinajstić information content (AvgIpc) is 3.33. The van der Waals surface area contributed by atoms with Gasteiger partial charge < -0.3 is 5.32 Å². The second kappa shape index (κ2) is 7.42. The van der Waals surface area contributed by atoms with Gasteiger partial charge in [0.2, 0.25) is 5.91 Å². The molecule has 9 heteroatoms. The van der Waals surface area contributed by atoms with Gasteiger partial charge in [-0.05, 0) is 76.5 Å². The summed E-state index contributed by atoms with van der Waals surface area (Å²) in [5.41, 5.74) is 1.96. The Labute approximate surface area is 187 Å². The number of aryl methyl sites for hydroxylation is 1. The minimum absolute atomic E-state index is 0.0444. The Morgan fingerprint density at radius 1 is 1.28 bits per heavy atom. The molecule has 0 saturated heterocycles. The van der Waals surface area contributed by atoms with E-state index in [0.717, 1.165) is 49.9 Å². The van der Waals surface area contributed by atoms with E-state index >= 15 is 0 Å². The van der Waals surface area contributed by atoms with Gasteiger partial charge in [-0.25, -0.2) is 0 Å². The van der Waals surface area contributed by atoms with Crippen molar-refractivity contribution in [2.75, 3.05) is 0 Å². The van der Waals surface area contributed by atoms with Gasteiger partial charge >= 0.3 is 5.69 Å². The molecule has 4 aliphatic carbocycles. The zero-order valence-electron chi connectivity index (χ0n) is 19.1. The zero-order chi connectivity index (χ0) is 22.7. The lowest BCUT2D eigenvalue weighted by atomic mass is 9.46. The topological polar surface area (TPSA) is 108 Å². The molecule has 9 nitrogen and oxygen atoms in total. The highest BCUT2D eigenvalue weighted by molar-refractivity contribution is 5.77. The highest BCUT2D eigenvalue weighted by Crippen LogP contribution is 2.65. The largest absolute Gasteiger partial charge is 0.349 e. The number of nitrogens with zero attached hydrogens (tertiary/aromatic N) is 5. The van der Waals surface area contributed by atoms with Gasteiger partial charge in [0.15, 0.2) is 0 Å². The molecule has 4 fully saturated rings. The number of carbonyl (C=O) groups is 1. The van der Waals surface area contributed by atoms with Crippen LogP contribution in [0.3, 0.4) is 0 Å². The molecule has 6 rings (SSSR count). The smallest absolute Gasteiger partial charge is 0.307 e. The zero-order valence-corrected chi connectivity index (χ0v) is 19.1. The van der Waals surface area contributed by atoms with Gasteiger partial charge in [0.1, 0.15) is 12.4 Å². The predicted octanol–water partition coefficient (Wildman–Crippen LogP) is 3.88. The molecule has 1 N–H and O–H groups in total. The van der Waals surface area contributed by atoms with Crippen molar-refractivity contribution in [2.45, 2.75) is 83.8 Å². The quantitative estimate of drug-likeness (QED) is 0.519. The molecule has 1 amide bonds. The Morgan fingerprint density at radius 2 is 2.00 bits per heavy atom. The van der Waals surface area contributed by atoms with E-state index in [1.54, 1.807) is 6.20 Å². The Hall–Kier alpha value is -2.71. The van der Waals surface area contributed by atoms with Gasteiger partial charge in [-0.1, -0.05) is 0 Å². The first-order chi connectivity index (χ1) is 15.2. The van der Waals surface area contributed by atoms with Crippen molar-refractivity contribution in [2.24, 2.45) is 17.3 Å². The average molecular weight is 441 g/mol. The van der Waals surface area contributed by atoms with Crippen molar-refractivity contribution in [1.82, 2.24) is 24.9 Å². The third-order valence-corrected chi connectivity index (χ3v) is 8.24. The summed E-state index contributed by atoms with van der Waals surface area (Å²) in [5, 5.41) is 23.2. The third-order valence-electron chi connectivity index (χ3n) is 8.24. The molecule has 4 aliphatic rings.